The molecule has 0 spiro atoms. The van der Waals surface area contributed by atoms with Crippen molar-refractivity contribution in [3.63, 3.8) is 0 Å². The van der Waals surface area contributed by atoms with E-state index in [0.717, 1.165) is 11.1 Å². The van der Waals surface area contributed by atoms with Crippen LogP contribution in [0.3, 0.4) is 0 Å². The van der Waals surface area contributed by atoms with Crippen molar-refractivity contribution >= 4 is 5.97 Å². The van der Waals surface area contributed by atoms with Crippen LogP contribution < -0.4 is 0 Å². The van der Waals surface area contributed by atoms with Crippen LogP contribution in [0.25, 0.3) is 0 Å². The number of carbonyl (C=O) groups is 1. The summed E-state index contributed by atoms with van der Waals surface area (Å²) in [6, 6.07) is 7.56. The lowest BCUT2D eigenvalue weighted by Crippen LogP contribution is -2.29. The monoisotopic (exact) mass is 223 g/mol. The molecule has 0 aliphatic heterocycles. The molecule has 0 radical (unpaired) electrons. The van der Waals surface area contributed by atoms with E-state index >= 15 is 0 Å². The molecule has 1 aromatic rings. The van der Waals surface area contributed by atoms with Crippen molar-refractivity contribution < 1.29 is 15.0 Å². The zero-order chi connectivity index (χ0) is 12.1. The van der Waals surface area contributed by atoms with Gasteiger partial charge in [0.05, 0.1) is 12.6 Å². The lowest BCUT2D eigenvalue weighted by Gasteiger charge is -2.18. The van der Waals surface area contributed by atoms with Gasteiger partial charge < -0.3 is 10.2 Å². The number of hydrogen-bond donors (Lipinski definition) is 2. The van der Waals surface area contributed by atoms with Gasteiger partial charge >= 0.3 is 5.97 Å². The van der Waals surface area contributed by atoms with Gasteiger partial charge in [0.15, 0.2) is 0 Å². The van der Waals surface area contributed by atoms with E-state index in [2.05, 4.69) is 0 Å². The Morgan fingerprint density at radius 2 is 1.94 bits per heavy atom. The van der Waals surface area contributed by atoms with E-state index in [9.17, 15) is 9.90 Å². The molecule has 1 atom stereocenters. The van der Waals surface area contributed by atoms with E-state index in [1.54, 1.807) is 11.9 Å². The minimum absolute atomic E-state index is 0.0665. The molecule has 0 aliphatic carbocycles. The second kappa shape index (κ2) is 5.63. The van der Waals surface area contributed by atoms with Gasteiger partial charge in [0.1, 0.15) is 0 Å². The smallest absolute Gasteiger partial charge is 0.317 e. The molecule has 1 rings (SSSR count). The van der Waals surface area contributed by atoms with Crippen molar-refractivity contribution in [3.8, 4) is 0 Å². The molecule has 0 bridgehead atoms. The molecule has 4 nitrogen and oxygen atoms in total. The third kappa shape index (κ3) is 4.00. The summed E-state index contributed by atoms with van der Waals surface area (Å²) in [6.45, 7) is 2.23. The minimum Gasteiger partial charge on any atom is -0.480 e. The van der Waals surface area contributed by atoms with Crippen LogP contribution in [0.2, 0.25) is 0 Å². The Kier molecular flexibility index (Phi) is 4.46. The van der Waals surface area contributed by atoms with E-state index < -0.39 is 12.1 Å². The Balaban J connectivity index is 2.54. The number of carboxylic acid groups (broad SMARTS) is 1. The van der Waals surface area contributed by atoms with Crippen LogP contribution in [-0.2, 0) is 4.79 Å². The molecule has 1 unspecified atom stereocenters. The molecule has 88 valence electrons. The molecule has 0 fully saturated rings. The van der Waals surface area contributed by atoms with Gasteiger partial charge in [-0.05, 0) is 19.5 Å². The Bertz CT molecular complexity index is 348. The summed E-state index contributed by atoms with van der Waals surface area (Å²) >= 11 is 0. The van der Waals surface area contributed by atoms with Crippen LogP contribution in [0.15, 0.2) is 24.3 Å². The Labute approximate surface area is 95.1 Å². The Morgan fingerprint density at radius 1 is 1.38 bits per heavy atom. The summed E-state index contributed by atoms with van der Waals surface area (Å²) in [7, 11) is 1.67. The predicted octanol–water partition coefficient (Wildman–Crippen LogP) is 1.04. The first-order valence-electron chi connectivity index (χ1n) is 5.14. The fourth-order valence-corrected chi connectivity index (χ4v) is 1.48. The number of nitrogens with zero attached hydrogens (tertiary/aromatic N) is 1. The quantitative estimate of drug-likeness (QED) is 0.783. The van der Waals surface area contributed by atoms with E-state index in [4.69, 9.17) is 5.11 Å². The number of aliphatic hydroxyl groups excluding tert-OH is 1. The number of aliphatic carboxylic acids is 1. The maximum Gasteiger partial charge on any atom is 0.317 e. The second-order valence-corrected chi connectivity index (χ2v) is 4.02. The maximum absolute atomic E-state index is 10.4. The molecule has 0 aliphatic rings. The molecule has 0 saturated carbocycles. The Morgan fingerprint density at radius 3 is 2.44 bits per heavy atom. The number of hydrogen-bond acceptors (Lipinski definition) is 3. The fourth-order valence-electron chi connectivity index (χ4n) is 1.48. The van der Waals surface area contributed by atoms with Gasteiger partial charge in [-0.25, -0.2) is 0 Å². The van der Waals surface area contributed by atoms with Crippen molar-refractivity contribution in [2.45, 2.75) is 13.0 Å². The van der Waals surface area contributed by atoms with Crippen LogP contribution in [0.4, 0.5) is 0 Å². The summed E-state index contributed by atoms with van der Waals surface area (Å²) in [5.74, 6) is -0.890. The number of benzene rings is 1. The molecule has 0 aromatic heterocycles. The highest BCUT2D eigenvalue weighted by Crippen LogP contribution is 2.14. The summed E-state index contributed by atoms with van der Waals surface area (Å²) in [5, 5.41) is 18.4. The number of carboxylic acids is 1. The third-order valence-electron chi connectivity index (χ3n) is 2.35. The first-order valence-corrected chi connectivity index (χ1v) is 5.14. The normalized spacial score (nSPS) is 12.8. The molecule has 0 amide bonds. The highest BCUT2D eigenvalue weighted by Gasteiger charge is 2.12. The molecular formula is C12H17NO3. The highest BCUT2D eigenvalue weighted by molar-refractivity contribution is 5.69. The molecule has 16 heavy (non-hydrogen) atoms. The molecule has 0 heterocycles. The summed E-state index contributed by atoms with van der Waals surface area (Å²) in [6.07, 6.45) is -0.648. The van der Waals surface area contributed by atoms with Crippen molar-refractivity contribution in [3.05, 3.63) is 35.4 Å². The zero-order valence-electron chi connectivity index (χ0n) is 9.55. The van der Waals surface area contributed by atoms with Gasteiger partial charge in [-0.1, -0.05) is 29.8 Å². The van der Waals surface area contributed by atoms with Crippen molar-refractivity contribution in [1.82, 2.24) is 4.90 Å². The first-order chi connectivity index (χ1) is 7.49. The van der Waals surface area contributed by atoms with E-state index in [1.807, 2.05) is 31.2 Å². The number of rotatable bonds is 5. The fraction of sp³-hybridized carbons (Fsp3) is 0.417. The van der Waals surface area contributed by atoms with Gasteiger partial charge in [-0.15, -0.1) is 0 Å². The summed E-state index contributed by atoms with van der Waals surface area (Å²) < 4.78 is 0. The van der Waals surface area contributed by atoms with Crippen LogP contribution in [0, 0.1) is 6.92 Å². The predicted molar refractivity (Wildman–Crippen MR) is 61.3 cm³/mol. The summed E-state index contributed by atoms with van der Waals surface area (Å²) in [5.41, 5.74) is 1.94. The molecular weight excluding hydrogens is 206 g/mol. The van der Waals surface area contributed by atoms with Crippen LogP contribution in [0.1, 0.15) is 17.2 Å². The summed E-state index contributed by atoms with van der Waals surface area (Å²) in [4.78, 5) is 12.0. The largest absolute Gasteiger partial charge is 0.480 e. The van der Waals surface area contributed by atoms with Crippen molar-refractivity contribution in [1.29, 1.82) is 0 Å². The number of likely N-dealkylation sites (N-methyl/N-ethyl adjacent to an activating group) is 1. The zero-order valence-corrected chi connectivity index (χ0v) is 9.55. The van der Waals surface area contributed by atoms with E-state index in [0.29, 0.717) is 6.54 Å². The van der Waals surface area contributed by atoms with Crippen molar-refractivity contribution in [2.75, 3.05) is 20.1 Å². The molecule has 0 saturated heterocycles. The van der Waals surface area contributed by atoms with Crippen molar-refractivity contribution in [2.24, 2.45) is 0 Å². The SMILES string of the molecule is Cc1ccc(C(O)CN(C)CC(=O)O)cc1. The first kappa shape index (κ1) is 12.7. The highest BCUT2D eigenvalue weighted by atomic mass is 16.4. The molecule has 2 N–H and O–H groups in total. The van der Waals surface area contributed by atoms with Crippen LogP contribution in [-0.4, -0.2) is 41.2 Å². The van der Waals surface area contributed by atoms with Gasteiger partial charge in [-0.2, -0.15) is 0 Å². The second-order valence-electron chi connectivity index (χ2n) is 4.02. The van der Waals surface area contributed by atoms with E-state index in [-0.39, 0.29) is 6.54 Å². The Hall–Kier alpha value is -1.39. The van der Waals surface area contributed by atoms with Gasteiger partial charge in [0.25, 0.3) is 0 Å². The minimum atomic E-state index is -0.890. The average Bonchev–Trinajstić information content (AvgIpc) is 2.16. The third-order valence-corrected chi connectivity index (χ3v) is 2.35. The lowest BCUT2D eigenvalue weighted by molar-refractivity contribution is -0.138. The van der Waals surface area contributed by atoms with Crippen LogP contribution >= 0.6 is 0 Å². The molecule has 1 aromatic carbocycles. The van der Waals surface area contributed by atoms with Gasteiger partial charge in [-0.3, -0.25) is 9.69 Å². The van der Waals surface area contributed by atoms with Crippen LogP contribution in [0.5, 0.6) is 0 Å². The topological polar surface area (TPSA) is 60.8 Å². The lowest BCUT2D eigenvalue weighted by atomic mass is 10.1. The van der Waals surface area contributed by atoms with E-state index in [1.165, 1.54) is 0 Å². The van der Waals surface area contributed by atoms with Gasteiger partial charge in [0.2, 0.25) is 0 Å². The number of aliphatic hydroxyl groups is 1. The molecule has 4 heteroatoms. The number of aryl methyl sites for hydroxylation is 1. The average molecular weight is 223 g/mol. The standard InChI is InChI=1S/C12H17NO3/c1-9-3-5-10(6-4-9)11(14)7-13(2)8-12(15)16/h3-6,11,14H,7-8H2,1-2H3,(H,15,16). The maximum atomic E-state index is 10.4. The van der Waals surface area contributed by atoms with Gasteiger partial charge in [0, 0.05) is 6.54 Å².